The molecular formula is C17H17BrN4O2. The SMILES string of the molecule is COc1cc(/C=C(/C#N)c2nnc3n2CCCCC3)c(Br)cc1O. The van der Waals surface area contributed by atoms with E-state index in [-0.39, 0.29) is 5.75 Å². The van der Waals surface area contributed by atoms with Crippen LogP contribution in [0.1, 0.15) is 36.5 Å². The number of phenolic OH excluding ortho intramolecular Hbond substituents is 1. The number of fused-ring (bicyclic) bond motifs is 1. The second-order valence-corrected chi connectivity index (χ2v) is 6.47. The number of hydrogen-bond acceptors (Lipinski definition) is 5. The molecule has 0 aliphatic carbocycles. The number of hydrogen-bond donors (Lipinski definition) is 1. The molecule has 2 heterocycles. The van der Waals surface area contributed by atoms with Crippen LogP contribution in [0.5, 0.6) is 11.5 Å². The van der Waals surface area contributed by atoms with E-state index in [1.807, 2.05) is 4.57 Å². The average molecular weight is 389 g/mol. The van der Waals surface area contributed by atoms with E-state index < -0.39 is 0 Å². The van der Waals surface area contributed by atoms with Crippen LogP contribution in [0.15, 0.2) is 16.6 Å². The normalized spacial score (nSPS) is 14.6. The molecule has 0 unspecified atom stereocenters. The van der Waals surface area contributed by atoms with Crippen molar-refractivity contribution in [1.29, 1.82) is 5.26 Å². The van der Waals surface area contributed by atoms with Gasteiger partial charge < -0.3 is 14.4 Å². The zero-order chi connectivity index (χ0) is 17.1. The summed E-state index contributed by atoms with van der Waals surface area (Å²) in [6.07, 6.45) is 5.95. The van der Waals surface area contributed by atoms with Crippen molar-refractivity contribution in [2.45, 2.75) is 32.2 Å². The van der Waals surface area contributed by atoms with Gasteiger partial charge in [0.25, 0.3) is 0 Å². The van der Waals surface area contributed by atoms with Crippen LogP contribution in [0.25, 0.3) is 11.6 Å². The molecule has 0 bridgehead atoms. The number of aromatic hydroxyl groups is 1. The Balaban J connectivity index is 2.06. The van der Waals surface area contributed by atoms with Crippen molar-refractivity contribution >= 4 is 27.6 Å². The number of allylic oxidation sites excluding steroid dienone is 1. The van der Waals surface area contributed by atoms with Gasteiger partial charge in [0.2, 0.25) is 0 Å². The van der Waals surface area contributed by atoms with E-state index in [4.69, 9.17) is 4.74 Å². The highest BCUT2D eigenvalue weighted by atomic mass is 79.9. The van der Waals surface area contributed by atoms with Gasteiger partial charge in [-0.25, -0.2) is 0 Å². The molecule has 0 spiro atoms. The lowest BCUT2D eigenvalue weighted by molar-refractivity contribution is 0.373. The first-order chi connectivity index (χ1) is 11.6. The zero-order valence-electron chi connectivity index (χ0n) is 13.3. The Hall–Kier alpha value is -2.33. The van der Waals surface area contributed by atoms with E-state index >= 15 is 0 Å². The molecule has 1 aliphatic rings. The predicted molar refractivity (Wildman–Crippen MR) is 93.4 cm³/mol. The summed E-state index contributed by atoms with van der Waals surface area (Å²) >= 11 is 3.41. The molecule has 0 saturated carbocycles. The molecule has 0 radical (unpaired) electrons. The number of nitrogens with zero attached hydrogens (tertiary/aromatic N) is 4. The highest BCUT2D eigenvalue weighted by molar-refractivity contribution is 9.10. The summed E-state index contributed by atoms with van der Waals surface area (Å²) in [5.41, 5.74) is 1.16. The van der Waals surface area contributed by atoms with Crippen molar-refractivity contribution in [3.8, 4) is 17.6 Å². The predicted octanol–water partition coefficient (Wildman–Crippen LogP) is 3.55. The van der Waals surface area contributed by atoms with E-state index in [0.717, 1.165) is 43.6 Å². The molecule has 0 fully saturated rings. The van der Waals surface area contributed by atoms with Gasteiger partial charge in [-0.2, -0.15) is 5.26 Å². The van der Waals surface area contributed by atoms with Crippen molar-refractivity contribution in [3.05, 3.63) is 33.8 Å². The number of benzene rings is 1. The molecule has 0 amide bonds. The molecule has 124 valence electrons. The van der Waals surface area contributed by atoms with Gasteiger partial charge in [0.15, 0.2) is 17.3 Å². The number of rotatable bonds is 3. The molecule has 24 heavy (non-hydrogen) atoms. The third kappa shape index (κ3) is 3.15. The van der Waals surface area contributed by atoms with Crippen molar-refractivity contribution < 1.29 is 9.84 Å². The summed E-state index contributed by atoms with van der Waals surface area (Å²) < 4.78 is 7.84. The van der Waals surface area contributed by atoms with Crippen molar-refractivity contribution in [1.82, 2.24) is 14.8 Å². The highest BCUT2D eigenvalue weighted by Crippen LogP contribution is 2.34. The van der Waals surface area contributed by atoms with Crippen LogP contribution < -0.4 is 4.74 Å². The largest absolute Gasteiger partial charge is 0.504 e. The van der Waals surface area contributed by atoms with Crippen molar-refractivity contribution in [3.63, 3.8) is 0 Å². The molecule has 2 aromatic rings. The molecule has 1 aliphatic heterocycles. The third-order valence-electron chi connectivity index (χ3n) is 4.07. The second-order valence-electron chi connectivity index (χ2n) is 5.62. The fraction of sp³-hybridized carbons (Fsp3) is 0.353. The van der Waals surface area contributed by atoms with Gasteiger partial charge in [0.1, 0.15) is 11.9 Å². The Morgan fingerprint density at radius 3 is 2.96 bits per heavy atom. The smallest absolute Gasteiger partial charge is 0.174 e. The quantitative estimate of drug-likeness (QED) is 0.812. The maximum Gasteiger partial charge on any atom is 0.174 e. The number of methoxy groups -OCH3 is 1. The van der Waals surface area contributed by atoms with Crippen LogP contribution in [-0.4, -0.2) is 27.0 Å². The van der Waals surface area contributed by atoms with E-state index in [1.165, 1.54) is 7.11 Å². The lowest BCUT2D eigenvalue weighted by atomic mass is 10.1. The number of aromatic nitrogens is 3. The Kier molecular flexibility index (Phi) is 4.86. The van der Waals surface area contributed by atoms with Crippen LogP contribution in [-0.2, 0) is 13.0 Å². The van der Waals surface area contributed by atoms with E-state index in [2.05, 4.69) is 32.2 Å². The summed E-state index contributed by atoms with van der Waals surface area (Å²) in [6.45, 7) is 0.830. The van der Waals surface area contributed by atoms with Crippen LogP contribution in [0.2, 0.25) is 0 Å². The molecule has 1 aromatic heterocycles. The lowest BCUT2D eigenvalue weighted by Gasteiger charge is -2.08. The van der Waals surface area contributed by atoms with Gasteiger partial charge in [-0.15, -0.1) is 10.2 Å². The monoisotopic (exact) mass is 388 g/mol. The number of halogens is 1. The Labute approximate surface area is 148 Å². The van der Waals surface area contributed by atoms with E-state index in [0.29, 0.717) is 21.6 Å². The summed E-state index contributed by atoms with van der Waals surface area (Å²) in [7, 11) is 1.49. The summed E-state index contributed by atoms with van der Waals surface area (Å²) in [5.74, 6) is 1.91. The molecule has 6 nitrogen and oxygen atoms in total. The highest BCUT2D eigenvalue weighted by Gasteiger charge is 2.18. The number of ether oxygens (including phenoxy) is 1. The fourth-order valence-corrected chi connectivity index (χ4v) is 3.27. The maximum atomic E-state index is 9.81. The minimum Gasteiger partial charge on any atom is -0.504 e. The molecule has 1 aromatic carbocycles. The summed E-state index contributed by atoms with van der Waals surface area (Å²) in [5, 5.41) is 27.9. The van der Waals surface area contributed by atoms with Gasteiger partial charge in [-0.1, -0.05) is 22.4 Å². The lowest BCUT2D eigenvalue weighted by Crippen LogP contribution is -2.05. The summed E-state index contributed by atoms with van der Waals surface area (Å²) in [6, 6.07) is 5.44. The second kappa shape index (κ2) is 7.05. The van der Waals surface area contributed by atoms with Gasteiger partial charge in [-0.05, 0) is 36.6 Å². The summed E-state index contributed by atoms with van der Waals surface area (Å²) in [4.78, 5) is 0. The van der Waals surface area contributed by atoms with Crippen molar-refractivity contribution in [2.75, 3.05) is 7.11 Å². The minimum atomic E-state index is 0.0383. The molecule has 3 rings (SSSR count). The fourth-order valence-electron chi connectivity index (χ4n) is 2.82. The zero-order valence-corrected chi connectivity index (χ0v) is 14.9. The van der Waals surface area contributed by atoms with Gasteiger partial charge in [-0.3, -0.25) is 0 Å². The first-order valence-corrected chi connectivity index (χ1v) is 8.54. The molecule has 1 N–H and O–H groups in total. The Morgan fingerprint density at radius 2 is 2.21 bits per heavy atom. The topological polar surface area (TPSA) is 84.0 Å². The van der Waals surface area contributed by atoms with Gasteiger partial charge >= 0.3 is 0 Å². The first-order valence-electron chi connectivity index (χ1n) is 7.74. The van der Waals surface area contributed by atoms with Gasteiger partial charge in [0, 0.05) is 17.4 Å². The van der Waals surface area contributed by atoms with Crippen LogP contribution in [0.3, 0.4) is 0 Å². The standard InChI is InChI=1S/C17H17BrN4O2/c1-24-15-8-11(13(18)9-14(15)23)7-12(10-19)17-21-20-16-5-3-2-4-6-22(16)17/h7-9,23H,2-6H2,1H3/b12-7-. The van der Waals surface area contributed by atoms with E-state index in [1.54, 1.807) is 18.2 Å². The van der Waals surface area contributed by atoms with E-state index in [9.17, 15) is 10.4 Å². The molecule has 0 saturated heterocycles. The molecule has 0 atom stereocenters. The Morgan fingerprint density at radius 1 is 1.38 bits per heavy atom. The maximum absolute atomic E-state index is 9.81. The average Bonchev–Trinajstić information content (AvgIpc) is 2.82. The van der Waals surface area contributed by atoms with Crippen LogP contribution >= 0.6 is 15.9 Å². The van der Waals surface area contributed by atoms with Crippen LogP contribution in [0, 0.1) is 11.3 Å². The van der Waals surface area contributed by atoms with Gasteiger partial charge in [0.05, 0.1) is 12.7 Å². The van der Waals surface area contributed by atoms with Crippen molar-refractivity contribution in [2.24, 2.45) is 0 Å². The molecule has 7 heteroatoms. The number of nitriles is 1. The molecular weight excluding hydrogens is 372 g/mol. The first kappa shape index (κ1) is 16.5. The number of phenols is 1. The van der Waals surface area contributed by atoms with Crippen LogP contribution in [0.4, 0.5) is 0 Å². The third-order valence-corrected chi connectivity index (χ3v) is 4.76. The Bertz CT molecular complexity index is 836. The minimum absolute atomic E-state index is 0.0383. The number of aryl methyl sites for hydroxylation is 1.